The Balaban J connectivity index is 1.22. The molecule has 0 aliphatic rings. The van der Waals surface area contributed by atoms with Gasteiger partial charge in [-0.2, -0.15) is 0 Å². The molecule has 0 bridgehead atoms. The lowest BCUT2D eigenvalue weighted by atomic mass is 10.00. The van der Waals surface area contributed by atoms with Gasteiger partial charge in [0.25, 0.3) is 0 Å². The molecule has 208 valence electrons. The van der Waals surface area contributed by atoms with Crippen molar-refractivity contribution in [3.63, 3.8) is 0 Å². The Morgan fingerprint density at radius 1 is 0.409 bits per heavy atom. The van der Waals surface area contributed by atoms with Crippen LogP contribution in [0.25, 0.3) is 53.6 Å². The molecule has 0 aliphatic heterocycles. The van der Waals surface area contributed by atoms with Crippen LogP contribution in [0, 0.1) is 0 Å². The Hall–Kier alpha value is -5.51. The van der Waals surface area contributed by atoms with Gasteiger partial charge in [-0.3, -0.25) is 4.98 Å². The molecule has 0 atom stereocenters. The van der Waals surface area contributed by atoms with Gasteiger partial charge in [-0.05, 0) is 75.8 Å². The number of pyridine rings is 1. The van der Waals surface area contributed by atoms with Gasteiger partial charge in [-0.25, -0.2) is 0 Å². The van der Waals surface area contributed by atoms with Crippen molar-refractivity contribution in [3.05, 3.63) is 170 Å². The van der Waals surface area contributed by atoms with Gasteiger partial charge in [0.05, 0.1) is 5.69 Å². The van der Waals surface area contributed by atoms with E-state index in [9.17, 15) is 0 Å². The number of hydrogen-bond acceptors (Lipinski definition) is 3. The number of aromatic nitrogens is 1. The zero-order valence-electron chi connectivity index (χ0n) is 24.0. The molecular formula is C41H28N2S. The monoisotopic (exact) mass is 580 g/mol. The molecule has 8 rings (SSSR count). The molecular weight excluding hydrogens is 553 g/mol. The lowest BCUT2D eigenvalue weighted by molar-refractivity contribution is 1.30. The van der Waals surface area contributed by atoms with E-state index in [0.717, 1.165) is 17.1 Å². The Bertz CT molecular complexity index is 2180. The van der Waals surface area contributed by atoms with Crippen LogP contribution < -0.4 is 4.90 Å². The van der Waals surface area contributed by atoms with E-state index in [4.69, 9.17) is 0 Å². The number of anilines is 3. The highest BCUT2D eigenvalue weighted by Crippen LogP contribution is 2.45. The van der Waals surface area contributed by atoms with Crippen LogP contribution in [0.2, 0.25) is 0 Å². The van der Waals surface area contributed by atoms with Crippen LogP contribution in [0.4, 0.5) is 17.1 Å². The second kappa shape index (κ2) is 11.3. The van der Waals surface area contributed by atoms with Gasteiger partial charge in [0.1, 0.15) is 0 Å². The molecule has 0 spiro atoms. The predicted molar refractivity (Wildman–Crippen MR) is 188 cm³/mol. The maximum absolute atomic E-state index is 4.49. The lowest BCUT2D eigenvalue weighted by Gasteiger charge is -2.27. The molecule has 0 saturated heterocycles. The number of thiophene rings is 1. The Morgan fingerprint density at radius 2 is 0.886 bits per heavy atom. The minimum Gasteiger partial charge on any atom is -0.310 e. The summed E-state index contributed by atoms with van der Waals surface area (Å²) in [5.41, 5.74) is 10.6. The number of benzene rings is 6. The summed E-state index contributed by atoms with van der Waals surface area (Å²) in [7, 11) is 0. The van der Waals surface area contributed by atoms with E-state index in [2.05, 4.69) is 168 Å². The molecule has 0 saturated carbocycles. The van der Waals surface area contributed by atoms with Gasteiger partial charge < -0.3 is 4.90 Å². The van der Waals surface area contributed by atoms with E-state index in [1.165, 1.54) is 53.6 Å². The molecule has 8 aromatic rings. The largest absolute Gasteiger partial charge is 0.310 e. The fourth-order valence-corrected chi connectivity index (χ4v) is 7.08. The van der Waals surface area contributed by atoms with Crippen LogP contribution in [0.15, 0.2) is 170 Å². The molecule has 0 amide bonds. The van der Waals surface area contributed by atoms with Crippen LogP contribution in [0.5, 0.6) is 0 Å². The smallest absolute Gasteiger partial charge is 0.0555 e. The van der Waals surface area contributed by atoms with Crippen molar-refractivity contribution in [2.75, 3.05) is 4.90 Å². The summed E-state index contributed by atoms with van der Waals surface area (Å²) in [4.78, 5) is 6.86. The Morgan fingerprint density at radius 3 is 1.41 bits per heavy atom. The summed E-state index contributed by atoms with van der Waals surface area (Å²) in [6.45, 7) is 0. The van der Waals surface area contributed by atoms with Crippen molar-refractivity contribution >= 4 is 48.6 Å². The van der Waals surface area contributed by atoms with E-state index >= 15 is 0 Å². The normalized spacial score (nSPS) is 11.2. The van der Waals surface area contributed by atoms with Crippen molar-refractivity contribution in [1.29, 1.82) is 0 Å². The van der Waals surface area contributed by atoms with Gasteiger partial charge in [-0.15, -0.1) is 11.3 Å². The average Bonchev–Trinajstić information content (AvgIpc) is 3.49. The van der Waals surface area contributed by atoms with Gasteiger partial charge >= 0.3 is 0 Å². The summed E-state index contributed by atoms with van der Waals surface area (Å²) in [5.74, 6) is 0. The summed E-state index contributed by atoms with van der Waals surface area (Å²) < 4.78 is 2.50. The molecule has 2 nitrogen and oxygen atoms in total. The van der Waals surface area contributed by atoms with E-state index in [1.54, 1.807) is 0 Å². The van der Waals surface area contributed by atoms with Gasteiger partial charge in [0.2, 0.25) is 0 Å². The third-order valence-electron chi connectivity index (χ3n) is 8.20. The molecule has 0 radical (unpaired) electrons. The number of nitrogens with zero attached hydrogens (tertiary/aromatic N) is 2. The second-order valence-corrected chi connectivity index (χ2v) is 11.9. The van der Waals surface area contributed by atoms with Gasteiger partial charge in [-0.1, -0.05) is 115 Å². The van der Waals surface area contributed by atoms with Crippen LogP contribution in [-0.2, 0) is 0 Å². The standard InChI is InChI=1S/C41H28N2S/c1-3-8-29(9-4-1)31-14-16-32(17-15-31)34-20-24-36(25-21-34)43(35-22-18-33(19-23-35)30-10-5-2-6-11-30)38-12-7-13-40-41(38)37-28-42-27-26-39(37)44-40/h1-28H. The SMILES string of the molecule is c1ccc(-c2ccc(-c3ccc(N(c4ccc(-c5ccccc5)cc4)c4cccc5sc6ccncc6c45)cc3)cc2)cc1. The summed E-state index contributed by atoms with van der Waals surface area (Å²) >= 11 is 1.82. The number of rotatable bonds is 6. The van der Waals surface area contributed by atoms with Gasteiger partial charge in [0, 0.05) is 43.9 Å². The zero-order chi connectivity index (χ0) is 29.3. The highest BCUT2D eigenvalue weighted by atomic mass is 32.1. The van der Waals surface area contributed by atoms with Crippen molar-refractivity contribution in [2.24, 2.45) is 0 Å². The van der Waals surface area contributed by atoms with Crippen molar-refractivity contribution in [2.45, 2.75) is 0 Å². The quantitative estimate of drug-likeness (QED) is 0.194. The first-order valence-electron chi connectivity index (χ1n) is 14.8. The summed E-state index contributed by atoms with van der Waals surface area (Å²) in [6.07, 6.45) is 3.87. The lowest BCUT2D eigenvalue weighted by Crippen LogP contribution is -2.10. The molecule has 2 aromatic heterocycles. The summed E-state index contributed by atoms with van der Waals surface area (Å²) in [6, 6.07) is 56.4. The third-order valence-corrected chi connectivity index (χ3v) is 9.33. The topological polar surface area (TPSA) is 16.1 Å². The predicted octanol–water partition coefficient (Wildman–Crippen LogP) is 11.9. The molecule has 2 heterocycles. The van der Waals surface area contributed by atoms with Crippen LogP contribution in [-0.4, -0.2) is 4.98 Å². The molecule has 0 unspecified atom stereocenters. The second-order valence-electron chi connectivity index (χ2n) is 10.9. The minimum atomic E-state index is 1.11. The molecule has 0 N–H and O–H groups in total. The highest BCUT2D eigenvalue weighted by molar-refractivity contribution is 7.25. The Labute approximate surface area is 261 Å². The first-order chi connectivity index (χ1) is 21.8. The molecule has 0 aliphatic carbocycles. The van der Waals surface area contributed by atoms with E-state index in [1.807, 2.05) is 23.7 Å². The average molecular weight is 581 g/mol. The van der Waals surface area contributed by atoms with Crippen LogP contribution >= 0.6 is 11.3 Å². The molecule has 3 heteroatoms. The molecule has 0 fully saturated rings. The number of hydrogen-bond donors (Lipinski definition) is 0. The minimum absolute atomic E-state index is 1.11. The summed E-state index contributed by atoms with van der Waals surface area (Å²) in [5, 5.41) is 2.41. The van der Waals surface area contributed by atoms with E-state index in [0.29, 0.717) is 0 Å². The third kappa shape index (κ3) is 4.84. The van der Waals surface area contributed by atoms with E-state index in [-0.39, 0.29) is 0 Å². The van der Waals surface area contributed by atoms with Crippen LogP contribution in [0.3, 0.4) is 0 Å². The molecule has 6 aromatic carbocycles. The maximum atomic E-state index is 4.49. The van der Waals surface area contributed by atoms with Crippen molar-refractivity contribution in [3.8, 4) is 33.4 Å². The van der Waals surface area contributed by atoms with Gasteiger partial charge in [0.15, 0.2) is 0 Å². The first-order valence-corrected chi connectivity index (χ1v) is 15.6. The van der Waals surface area contributed by atoms with E-state index < -0.39 is 0 Å². The van der Waals surface area contributed by atoms with Crippen molar-refractivity contribution < 1.29 is 0 Å². The van der Waals surface area contributed by atoms with Crippen LogP contribution in [0.1, 0.15) is 0 Å². The fraction of sp³-hybridized carbons (Fsp3) is 0. The molecule has 44 heavy (non-hydrogen) atoms. The number of fused-ring (bicyclic) bond motifs is 3. The zero-order valence-corrected chi connectivity index (χ0v) is 24.8. The first kappa shape index (κ1) is 26.1. The highest BCUT2D eigenvalue weighted by Gasteiger charge is 2.19. The Kier molecular flexibility index (Phi) is 6.71. The van der Waals surface area contributed by atoms with Crippen molar-refractivity contribution in [1.82, 2.24) is 4.98 Å². The fourth-order valence-electron chi connectivity index (χ4n) is 5.99. The maximum Gasteiger partial charge on any atom is 0.0555 e.